The van der Waals surface area contributed by atoms with Gasteiger partial charge in [0.25, 0.3) is 0 Å². The standard InChI is InChI=1S/C8H6N4O2/c13-6-2-5-11-8(14)12(6)7-9-3-1-4-10-7/h1-5H,(H,11,14)/q+1. The van der Waals surface area contributed by atoms with Crippen molar-refractivity contribution in [2.45, 2.75) is 0 Å². The number of hydrogen-bond donors (Lipinski definition) is 1. The summed E-state index contributed by atoms with van der Waals surface area (Å²) in [6.07, 6.45) is 5.43. The SMILES string of the molecule is O=C1C=CNC(=O)[N+]1c1ncccn1. The van der Waals surface area contributed by atoms with Crippen molar-refractivity contribution in [2.75, 3.05) is 0 Å². The fourth-order valence-electron chi connectivity index (χ4n) is 1.02. The van der Waals surface area contributed by atoms with Crippen molar-refractivity contribution < 1.29 is 9.59 Å². The average Bonchev–Trinajstić information content (AvgIpc) is 2.19. The van der Waals surface area contributed by atoms with E-state index in [4.69, 9.17) is 0 Å². The molecule has 0 fully saturated rings. The van der Waals surface area contributed by atoms with E-state index in [2.05, 4.69) is 15.3 Å². The summed E-state index contributed by atoms with van der Waals surface area (Å²) in [5.41, 5.74) is 0. The van der Waals surface area contributed by atoms with Crippen LogP contribution < -0.4 is 10.2 Å². The minimum absolute atomic E-state index is 0.0688. The Morgan fingerprint density at radius 2 is 1.93 bits per heavy atom. The molecule has 14 heavy (non-hydrogen) atoms. The second kappa shape index (κ2) is 3.35. The lowest BCUT2D eigenvalue weighted by atomic mass is 10.4. The third kappa shape index (κ3) is 1.38. The topological polar surface area (TPSA) is 77.9 Å². The maximum absolute atomic E-state index is 11.3. The Morgan fingerprint density at radius 1 is 1.21 bits per heavy atom. The summed E-state index contributed by atoms with van der Waals surface area (Å²) >= 11 is 0. The molecule has 1 aromatic rings. The van der Waals surface area contributed by atoms with Crippen LogP contribution in [0.2, 0.25) is 0 Å². The van der Waals surface area contributed by atoms with Crippen LogP contribution in [0.25, 0.3) is 0 Å². The average molecular weight is 190 g/mol. The maximum atomic E-state index is 11.3. The van der Waals surface area contributed by atoms with E-state index in [9.17, 15) is 9.59 Å². The number of nitrogens with zero attached hydrogens (tertiary/aromatic N) is 3. The van der Waals surface area contributed by atoms with Crippen molar-refractivity contribution in [2.24, 2.45) is 0 Å². The number of imide groups is 1. The van der Waals surface area contributed by atoms with Crippen molar-refractivity contribution in [3.05, 3.63) is 30.7 Å². The van der Waals surface area contributed by atoms with Crippen LogP contribution in [-0.2, 0) is 4.79 Å². The van der Waals surface area contributed by atoms with Crippen molar-refractivity contribution in [1.29, 1.82) is 0 Å². The van der Waals surface area contributed by atoms with E-state index in [1.807, 2.05) is 0 Å². The second-order valence-corrected chi connectivity index (χ2v) is 2.51. The minimum Gasteiger partial charge on any atom is -0.276 e. The van der Waals surface area contributed by atoms with Gasteiger partial charge in [-0.3, -0.25) is 5.32 Å². The van der Waals surface area contributed by atoms with Gasteiger partial charge in [0.1, 0.15) is 0 Å². The lowest BCUT2D eigenvalue weighted by molar-refractivity contribution is -0.118. The van der Waals surface area contributed by atoms with Crippen LogP contribution in [0.1, 0.15) is 0 Å². The third-order valence-corrected chi connectivity index (χ3v) is 1.61. The van der Waals surface area contributed by atoms with Gasteiger partial charge in [-0.1, -0.05) is 0 Å². The van der Waals surface area contributed by atoms with Gasteiger partial charge >= 0.3 is 17.9 Å². The number of urea groups is 1. The van der Waals surface area contributed by atoms with Gasteiger partial charge in [-0.2, -0.15) is 14.8 Å². The highest BCUT2D eigenvalue weighted by Crippen LogP contribution is 2.07. The predicted octanol–water partition coefficient (Wildman–Crippen LogP) is 0.0117. The molecular formula is C8H6N4O2+. The molecule has 0 spiro atoms. The summed E-state index contributed by atoms with van der Waals surface area (Å²) < 4.78 is 0. The smallest absolute Gasteiger partial charge is 0.276 e. The molecule has 0 aliphatic carbocycles. The number of hydrogen-bond acceptors (Lipinski definition) is 4. The molecule has 1 aliphatic rings. The van der Waals surface area contributed by atoms with Crippen molar-refractivity contribution >= 4 is 17.9 Å². The third-order valence-electron chi connectivity index (χ3n) is 1.61. The van der Waals surface area contributed by atoms with Crippen LogP contribution >= 0.6 is 0 Å². The lowest BCUT2D eigenvalue weighted by Crippen LogP contribution is -2.46. The van der Waals surface area contributed by atoms with Crippen LogP contribution in [0.4, 0.5) is 10.7 Å². The molecule has 1 N–H and O–H groups in total. The van der Waals surface area contributed by atoms with E-state index in [0.717, 1.165) is 4.90 Å². The van der Waals surface area contributed by atoms with Gasteiger partial charge < -0.3 is 0 Å². The summed E-state index contributed by atoms with van der Waals surface area (Å²) in [4.78, 5) is 31.0. The molecule has 2 heterocycles. The Balaban J connectivity index is 2.38. The molecule has 0 bridgehead atoms. The van der Waals surface area contributed by atoms with Gasteiger partial charge in [-0.05, 0) is 6.07 Å². The maximum Gasteiger partial charge on any atom is 0.486 e. The van der Waals surface area contributed by atoms with Crippen LogP contribution in [0.5, 0.6) is 0 Å². The zero-order chi connectivity index (χ0) is 9.97. The zero-order valence-electron chi connectivity index (χ0n) is 7.04. The largest absolute Gasteiger partial charge is 0.486 e. The summed E-state index contributed by atoms with van der Waals surface area (Å²) in [5.74, 6) is -0.390. The molecule has 1 aromatic heterocycles. The first-order chi connectivity index (χ1) is 6.79. The Kier molecular flexibility index (Phi) is 2.04. The molecule has 6 nitrogen and oxygen atoms in total. The van der Waals surface area contributed by atoms with E-state index in [-0.39, 0.29) is 5.95 Å². The van der Waals surface area contributed by atoms with E-state index < -0.39 is 11.9 Å². The normalized spacial score (nSPS) is 16.9. The van der Waals surface area contributed by atoms with Crippen molar-refractivity contribution in [3.8, 4) is 0 Å². The minimum atomic E-state index is -0.552. The van der Waals surface area contributed by atoms with E-state index in [1.165, 1.54) is 24.7 Å². The predicted molar refractivity (Wildman–Crippen MR) is 46.5 cm³/mol. The molecule has 0 saturated heterocycles. The molecule has 69 valence electrons. The molecule has 2 rings (SSSR count). The zero-order valence-corrected chi connectivity index (χ0v) is 7.04. The number of aromatic nitrogens is 2. The first kappa shape index (κ1) is 8.52. The molecule has 1 radical (unpaired) electrons. The van der Waals surface area contributed by atoms with Gasteiger partial charge in [0.15, 0.2) is 0 Å². The molecule has 0 aromatic carbocycles. The monoisotopic (exact) mass is 190 g/mol. The highest BCUT2D eigenvalue weighted by atomic mass is 16.2. The van der Waals surface area contributed by atoms with Gasteiger partial charge in [0.2, 0.25) is 0 Å². The number of carbonyl (C=O) groups is 2. The van der Waals surface area contributed by atoms with E-state index >= 15 is 0 Å². The Labute approximate surface area is 79.3 Å². The fraction of sp³-hybridized carbons (Fsp3) is 0. The Morgan fingerprint density at radius 3 is 2.57 bits per heavy atom. The van der Waals surface area contributed by atoms with Gasteiger partial charge in [0, 0.05) is 18.6 Å². The lowest BCUT2D eigenvalue weighted by Gasteiger charge is -2.05. The van der Waals surface area contributed by atoms with Gasteiger partial charge in [-0.15, -0.1) is 0 Å². The van der Waals surface area contributed by atoms with Crippen LogP contribution in [-0.4, -0.2) is 21.9 Å². The van der Waals surface area contributed by atoms with Crippen molar-refractivity contribution in [3.63, 3.8) is 0 Å². The van der Waals surface area contributed by atoms with E-state index in [0.29, 0.717) is 0 Å². The Hall–Kier alpha value is -2.08. The number of rotatable bonds is 1. The molecule has 0 saturated carbocycles. The fourth-order valence-corrected chi connectivity index (χ4v) is 1.02. The summed E-state index contributed by atoms with van der Waals surface area (Å²) in [5, 5.41) is 2.37. The first-order valence-corrected chi connectivity index (χ1v) is 3.87. The number of amides is 3. The summed E-state index contributed by atoms with van der Waals surface area (Å²) in [6.45, 7) is 0. The van der Waals surface area contributed by atoms with Crippen LogP contribution in [0, 0.1) is 0 Å². The Bertz CT molecular complexity index is 401. The molecule has 0 unspecified atom stereocenters. The van der Waals surface area contributed by atoms with Gasteiger partial charge in [-0.25, -0.2) is 4.79 Å². The van der Waals surface area contributed by atoms with E-state index in [1.54, 1.807) is 6.07 Å². The molecule has 6 heteroatoms. The summed E-state index contributed by atoms with van der Waals surface area (Å²) in [7, 11) is 0. The molecule has 1 aliphatic heterocycles. The number of nitrogens with one attached hydrogen (secondary N) is 1. The highest BCUT2D eigenvalue weighted by Gasteiger charge is 2.41. The second-order valence-electron chi connectivity index (χ2n) is 2.51. The van der Waals surface area contributed by atoms with Crippen LogP contribution in [0.3, 0.4) is 0 Å². The number of carbonyl (C=O) groups excluding carboxylic acids is 2. The first-order valence-electron chi connectivity index (χ1n) is 3.87. The van der Waals surface area contributed by atoms with Crippen LogP contribution in [0.15, 0.2) is 30.7 Å². The number of anilines is 1. The van der Waals surface area contributed by atoms with Gasteiger partial charge in [0.05, 0.1) is 11.0 Å². The molecule has 0 atom stereocenters. The van der Waals surface area contributed by atoms with Crippen molar-refractivity contribution in [1.82, 2.24) is 20.2 Å². The highest BCUT2D eigenvalue weighted by molar-refractivity contribution is 6.09. The quantitative estimate of drug-likeness (QED) is 0.633. The molecule has 3 amide bonds. The summed E-state index contributed by atoms with van der Waals surface area (Å²) in [6, 6.07) is 1.05. The molecular weight excluding hydrogens is 184 g/mol.